The SMILES string of the molecule is CCCCCC1CCC(CCC2=CCc3c(ccc(-c4ccc(OC(F)(F)F)cc4)c3F)C2)CC1. The van der Waals surface area contributed by atoms with Crippen molar-refractivity contribution in [3.63, 3.8) is 0 Å². The first-order valence-electron chi connectivity index (χ1n) is 13.2. The third kappa shape index (κ3) is 7.11. The van der Waals surface area contributed by atoms with Crippen LogP contribution in [-0.2, 0) is 12.8 Å². The topological polar surface area (TPSA) is 9.23 Å². The van der Waals surface area contributed by atoms with Crippen LogP contribution < -0.4 is 4.74 Å². The van der Waals surface area contributed by atoms with Crippen molar-refractivity contribution >= 4 is 0 Å². The molecule has 2 aromatic carbocycles. The highest BCUT2D eigenvalue weighted by Gasteiger charge is 2.31. The van der Waals surface area contributed by atoms with E-state index in [1.165, 1.54) is 87.6 Å². The fraction of sp³-hybridized carbons (Fsp3) is 0.533. The van der Waals surface area contributed by atoms with Crippen LogP contribution in [0.1, 0.15) is 82.3 Å². The van der Waals surface area contributed by atoms with E-state index in [2.05, 4.69) is 17.7 Å². The van der Waals surface area contributed by atoms with Gasteiger partial charge in [0.2, 0.25) is 0 Å². The lowest BCUT2D eigenvalue weighted by molar-refractivity contribution is -0.274. The number of unbranched alkanes of at least 4 members (excludes halogenated alkanes) is 2. The molecule has 0 saturated heterocycles. The van der Waals surface area contributed by atoms with Crippen LogP contribution >= 0.6 is 0 Å². The molecule has 0 atom stereocenters. The van der Waals surface area contributed by atoms with Crippen molar-refractivity contribution in [3.8, 4) is 16.9 Å². The Kier molecular flexibility index (Phi) is 8.56. The maximum absolute atomic E-state index is 15.3. The zero-order valence-corrected chi connectivity index (χ0v) is 20.6. The first-order valence-corrected chi connectivity index (χ1v) is 13.2. The minimum Gasteiger partial charge on any atom is -0.406 e. The Morgan fingerprint density at radius 3 is 2.23 bits per heavy atom. The molecule has 2 aliphatic rings. The summed E-state index contributed by atoms with van der Waals surface area (Å²) in [5, 5.41) is 0. The molecular weight excluding hydrogens is 452 g/mol. The van der Waals surface area contributed by atoms with Crippen LogP contribution in [0, 0.1) is 17.7 Å². The number of halogens is 4. The Bertz CT molecular complexity index is 998. The normalized spacial score (nSPS) is 20.3. The zero-order chi connectivity index (χ0) is 24.8. The molecule has 4 rings (SSSR count). The van der Waals surface area contributed by atoms with Crippen molar-refractivity contribution < 1.29 is 22.3 Å². The van der Waals surface area contributed by atoms with Crippen molar-refractivity contribution in [2.45, 2.75) is 90.3 Å². The Balaban J connectivity index is 1.31. The summed E-state index contributed by atoms with van der Waals surface area (Å²) in [7, 11) is 0. The van der Waals surface area contributed by atoms with E-state index in [-0.39, 0.29) is 11.6 Å². The molecule has 0 spiro atoms. The summed E-state index contributed by atoms with van der Waals surface area (Å²) in [6.07, 6.45) is 12.1. The van der Waals surface area contributed by atoms with E-state index in [1.54, 1.807) is 6.07 Å². The Morgan fingerprint density at radius 1 is 0.886 bits per heavy atom. The molecular formula is C30H36F4O. The second-order valence-corrected chi connectivity index (χ2v) is 10.3. The van der Waals surface area contributed by atoms with Crippen molar-refractivity contribution in [2.24, 2.45) is 11.8 Å². The smallest absolute Gasteiger partial charge is 0.406 e. The van der Waals surface area contributed by atoms with Gasteiger partial charge in [-0.05, 0) is 66.3 Å². The van der Waals surface area contributed by atoms with E-state index in [0.29, 0.717) is 23.1 Å². The molecule has 1 saturated carbocycles. The third-order valence-corrected chi connectivity index (χ3v) is 7.81. The zero-order valence-electron chi connectivity index (χ0n) is 20.6. The molecule has 0 aromatic heterocycles. The average molecular weight is 489 g/mol. The second kappa shape index (κ2) is 11.6. The highest BCUT2D eigenvalue weighted by Crippen LogP contribution is 2.37. The average Bonchev–Trinajstić information content (AvgIpc) is 2.84. The van der Waals surface area contributed by atoms with Gasteiger partial charge in [0.15, 0.2) is 0 Å². The van der Waals surface area contributed by atoms with Crippen LogP contribution in [0.4, 0.5) is 17.6 Å². The quantitative estimate of drug-likeness (QED) is 0.194. The summed E-state index contributed by atoms with van der Waals surface area (Å²) in [5.74, 6) is 1.17. The van der Waals surface area contributed by atoms with E-state index in [9.17, 15) is 13.2 Å². The first kappa shape index (κ1) is 25.8. The maximum Gasteiger partial charge on any atom is 0.573 e. The van der Waals surface area contributed by atoms with Crippen LogP contribution in [0.3, 0.4) is 0 Å². The molecule has 0 amide bonds. The van der Waals surface area contributed by atoms with E-state index in [0.717, 1.165) is 30.2 Å². The Labute approximate surface area is 206 Å². The molecule has 0 unspecified atom stereocenters. The molecule has 2 aromatic rings. The van der Waals surface area contributed by atoms with Gasteiger partial charge in [-0.3, -0.25) is 0 Å². The number of rotatable bonds is 9. The number of hydrogen-bond donors (Lipinski definition) is 0. The van der Waals surface area contributed by atoms with E-state index >= 15 is 4.39 Å². The second-order valence-electron chi connectivity index (χ2n) is 10.3. The van der Waals surface area contributed by atoms with E-state index < -0.39 is 6.36 Å². The van der Waals surface area contributed by atoms with Gasteiger partial charge in [-0.1, -0.05) is 94.2 Å². The van der Waals surface area contributed by atoms with Gasteiger partial charge < -0.3 is 4.74 Å². The monoisotopic (exact) mass is 488 g/mol. The van der Waals surface area contributed by atoms with Crippen molar-refractivity contribution in [1.29, 1.82) is 0 Å². The van der Waals surface area contributed by atoms with Gasteiger partial charge in [0, 0.05) is 5.56 Å². The maximum atomic E-state index is 15.3. The minimum atomic E-state index is -4.74. The molecule has 0 N–H and O–H groups in total. The van der Waals surface area contributed by atoms with Gasteiger partial charge in [0.1, 0.15) is 11.6 Å². The minimum absolute atomic E-state index is 0.274. The molecule has 1 nitrogen and oxygen atoms in total. The molecule has 2 aliphatic carbocycles. The van der Waals surface area contributed by atoms with Crippen LogP contribution in [-0.4, -0.2) is 6.36 Å². The van der Waals surface area contributed by atoms with Gasteiger partial charge >= 0.3 is 6.36 Å². The molecule has 35 heavy (non-hydrogen) atoms. The number of allylic oxidation sites excluding steroid dienone is 2. The van der Waals surface area contributed by atoms with Crippen molar-refractivity contribution in [1.82, 2.24) is 0 Å². The Hall–Kier alpha value is -2.30. The Morgan fingerprint density at radius 2 is 1.57 bits per heavy atom. The highest BCUT2D eigenvalue weighted by molar-refractivity contribution is 5.67. The highest BCUT2D eigenvalue weighted by atomic mass is 19.4. The van der Waals surface area contributed by atoms with Crippen molar-refractivity contribution in [3.05, 3.63) is 65.0 Å². The fourth-order valence-corrected chi connectivity index (χ4v) is 5.74. The summed E-state index contributed by atoms with van der Waals surface area (Å²) in [6, 6.07) is 9.10. The largest absolute Gasteiger partial charge is 0.573 e. The van der Waals surface area contributed by atoms with Crippen LogP contribution in [0.25, 0.3) is 11.1 Å². The number of ether oxygens (including phenoxy) is 1. The first-order chi connectivity index (χ1) is 16.8. The molecule has 0 aliphatic heterocycles. The lowest BCUT2D eigenvalue weighted by Crippen LogP contribution is -2.16. The van der Waals surface area contributed by atoms with Gasteiger partial charge in [-0.15, -0.1) is 13.2 Å². The standard InChI is InChI=1S/C30H36F4O/c1-2-3-4-5-21-6-8-22(9-7-21)10-11-23-12-18-28-25(20-23)15-19-27(29(28)31)24-13-16-26(17-14-24)35-30(32,33)34/h12-17,19,21-22H,2-11,18,20H2,1H3. The summed E-state index contributed by atoms with van der Waals surface area (Å²) in [6.45, 7) is 2.27. The van der Waals surface area contributed by atoms with Crippen molar-refractivity contribution in [2.75, 3.05) is 0 Å². The molecule has 1 fully saturated rings. The van der Waals surface area contributed by atoms with Crippen LogP contribution in [0.5, 0.6) is 5.75 Å². The molecule has 190 valence electrons. The summed E-state index contributed by atoms with van der Waals surface area (Å²) < 4.78 is 56.4. The molecule has 0 radical (unpaired) electrons. The summed E-state index contributed by atoms with van der Waals surface area (Å²) >= 11 is 0. The van der Waals surface area contributed by atoms with Gasteiger partial charge in [-0.25, -0.2) is 4.39 Å². The summed E-state index contributed by atoms with van der Waals surface area (Å²) in [4.78, 5) is 0. The fourth-order valence-electron chi connectivity index (χ4n) is 5.74. The van der Waals surface area contributed by atoms with Crippen LogP contribution in [0.15, 0.2) is 48.0 Å². The van der Waals surface area contributed by atoms with Gasteiger partial charge in [-0.2, -0.15) is 0 Å². The van der Waals surface area contributed by atoms with Gasteiger partial charge in [0.05, 0.1) is 0 Å². The van der Waals surface area contributed by atoms with Gasteiger partial charge in [0.25, 0.3) is 0 Å². The predicted octanol–water partition coefficient (Wildman–Crippen LogP) is 9.58. The number of fused-ring (bicyclic) bond motifs is 1. The molecule has 0 bridgehead atoms. The van der Waals surface area contributed by atoms with E-state index in [1.807, 2.05) is 6.07 Å². The number of alkyl halides is 3. The number of hydrogen-bond acceptors (Lipinski definition) is 1. The number of benzene rings is 2. The predicted molar refractivity (Wildman–Crippen MR) is 133 cm³/mol. The molecule has 5 heteroatoms. The molecule has 0 heterocycles. The lowest BCUT2D eigenvalue weighted by atomic mass is 9.77. The lowest BCUT2D eigenvalue weighted by Gasteiger charge is -2.29. The third-order valence-electron chi connectivity index (χ3n) is 7.81. The summed E-state index contributed by atoms with van der Waals surface area (Å²) in [5.41, 5.74) is 4.09. The van der Waals surface area contributed by atoms with Crippen LogP contribution in [0.2, 0.25) is 0 Å². The van der Waals surface area contributed by atoms with E-state index in [4.69, 9.17) is 0 Å².